The van der Waals surface area contributed by atoms with Crippen molar-refractivity contribution in [2.24, 2.45) is 0 Å². The standard InChI is InChI=1S/C19H15F3O3/c20-19(21,22)17(23)16(13-7-10-14-8-3-1-4-9-14)25-18(24)15-11-5-2-6-12-15/h1-6,8-9,11-13H,7,10H2/b16-13+. The van der Waals surface area contributed by atoms with Gasteiger partial charge in [0.05, 0.1) is 5.56 Å². The van der Waals surface area contributed by atoms with Crippen LogP contribution in [-0.2, 0) is 16.0 Å². The van der Waals surface area contributed by atoms with Gasteiger partial charge in [-0.05, 0) is 36.6 Å². The molecule has 0 heterocycles. The molecule has 0 spiro atoms. The zero-order valence-corrected chi connectivity index (χ0v) is 13.1. The van der Waals surface area contributed by atoms with E-state index in [1.165, 1.54) is 12.1 Å². The van der Waals surface area contributed by atoms with Crippen LogP contribution < -0.4 is 0 Å². The highest BCUT2D eigenvalue weighted by Gasteiger charge is 2.42. The van der Waals surface area contributed by atoms with Gasteiger partial charge in [0.2, 0.25) is 0 Å². The Kier molecular flexibility index (Phi) is 6.11. The van der Waals surface area contributed by atoms with Crippen LogP contribution in [0.2, 0.25) is 0 Å². The van der Waals surface area contributed by atoms with Crippen molar-refractivity contribution < 1.29 is 27.5 Å². The van der Waals surface area contributed by atoms with Crippen LogP contribution in [0.15, 0.2) is 72.5 Å². The Hall–Kier alpha value is -2.89. The van der Waals surface area contributed by atoms with Crippen molar-refractivity contribution in [3.63, 3.8) is 0 Å². The minimum absolute atomic E-state index is 0.0615. The summed E-state index contributed by atoms with van der Waals surface area (Å²) in [5, 5.41) is 0. The Morgan fingerprint density at radius 1 is 0.920 bits per heavy atom. The van der Waals surface area contributed by atoms with Crippen molar-refractivity contribution in [1.82, 2.24) is 0 Å². The molecule has 0 amide bonds. The van der Waals surface area contributed by atoms with Crippen LogP contribution in [0.5, 0.6) is 0 Å². The summed E-state index contributed by atoms with van der Waals surface area (Å²) in [7, 11) is 0. The third-order valence-electron chi connectivity index (χ3n) is 3.30. The van der Waals surface area contributed by atoms with E-state index in [2.05, 4.69) is 0 Å². The molecule has 0 N–H and O–H groups in total. The van der Waals surface area contributed by atoms with Crippen LogP contribution in [0.3, 0.4) is 0 Å². The maximum atomic E-state index is 12.7. The van der Waals surface area contributed by atoms with Crippen molar-refractivity contribution in [3.05, 3.63) is 83.6 Å². The van der Waals surface area contributed by atoms with Gasteiger partial charge in [0.25, 0.3) is 0 Å². The number of rotatable bonds is 6. The molecule has 2 aromatic rings. The molecule has 2 aromatic carbocycles. The third kappa shape index (κ3) is 5.60. The molecular weight excluding hydrogens is 333 g/mol. The number of carbonyl (C=O) groups is 2. The van der Waals surface area contributed by atoms with Crippen LogP contribution in [0.25, 0.3) is 0 Å². The molecule has 0 aliphatic heterocycles. The highest BCUT2D eigenvalue weighted by Crippen LogP contribution is 2.23. The summed E-state index contributed by atoms with van der Waals surface area (Å²) in [6.07, 6.45) is -3.57. The molecule has 0 saturated carbocycles. The largest absolute Gasteiger partial charge is 0.458 e. The Morgan fingerprint density at radius 3 is 2.04 bits per heavy atom. The molecule has 3 nitrogen and oxygen atoms in total. The minimum atomic E-state index is -5.12. The molecule has 0 aliphatic rings. The van der Waals surface area contributed by atoms with Crippen LogP contribution in [-0.4, -0.2) is 17.9 Å². The highest BCUT2D eigenvalue weighted by atomic mass is 19.4. The molecule has 130 valence electrons. The van der Waals surface area contributed by atoms with E-state index in [0.29, 0.717) is 6.42 Å². The second-order valence-corrected chi connectivity index (χ2v) is 5.18. The highest BCUT2D eigenvalue weighted by molar-refractivity contribution is 6.01. The number of allylic oxidation sites excluding steroid dienone is 2. The molecule has 0 unspecified atom stereocenters. The van der Waals surface area contributed by atoms with E-state index >= 15 is 0 Å². The van der Waals surface area contributed by atoms with Crippen LogP contribution in [0, 0.1) is 0 Å². The van der Waals surface area contributed by atoms with Gasteiger partial charge in [-0.3, -0.25) is 4.79 Å². The lowest BCUT2D eigenvalue weighted by Gasteiger charge is -2.10. The predicted octanol–water partition coefficient (Wildman–Crippen LogP) is 4.49. The van der Waals surface area contributed by atoms with E-state index in [1.54, 1.807) is 30.3 Å². The lowest BCUT2D eigenvalue weighted by molar-refractivity contribution is -0.169. The molecule has 0 aliphatic carbocycles. The first-order valence-corrected chi connectivity index (χ1v) is 7.51. The Morgan fingerprint density at radius 2 is 1.48 bits per heavy atom. The molecule has 0 saturated heterocycles. The van der Waals surface area contributed by atoms with Gasteiger partial charge in [0.1, 0.15) is 0 Å². The van der Waals surface area contributed by atoms with E-state index in [4.69, 9.17) is 4.74 Å². The van der Waals surface area contributed by atoms with Crippen molar-refractivity contribution in [3.8, 4) is 0 Å². The zero-order valence-electron chi connectivity index (χ0n) is 13.1. The number of benzene rings is 2. The van der Waals surface area contributed by atoms with Gasteiger partial charge >= 0.3 is 17.9 Å². The summed E-state index contributed by atoms with van der Waals surface area (Å²) in [6.45, 7) is 0. The van der Waals surface area contributed by atoms with E-state index in [1.807, 2.05) is 18.2 Å². The number of halogens is 3. The van der Waals surface area contributed by atoms with Crippen molar-refractivity contribution >= 4 is 11.8 Å². The first-order valence-electron chi connectivity index (χ1n) is 7.51. The molecule has 6 heteroatoms. The second-order valence-electron chi connectivity index (χ2n) is 5.18. The summed E-state index contributed by atoms with van der Waals surface area (Å²) >= 11 is 0. The van der Waals surface area contributed by atoms with Gasteiger partial charge in [0.15, 0.2) is 5.76 Å². The summed E-state index contributed by atoms with van der Waals surface area (Å²) in [4.78, 5) is 23.4. The van der Waals surface area contributed by atoms with E-state index in [9.17, 15) is 22.8 Å². The van der Waals surface area contributed by atoms with Gasteiger partial charge < -0.3 is 4.74 Å². The Labute approximate surface area is 142 Å². The van der Waals surface area contributed by atoms with Gasteiger partial charge in [-0.15, -0.1) is 0 Å². The number of ketones is 1. The maximum Gasteiger partial charge on any atom is 0.458 e. The third-order valence-corrected chi connectivity index (χ3v) is 3.30. The van der Waals surface area contributed by atoms with Gasteiger partial charge in [-0.1, -0.05) is 48.5 Å². The summed E-state index contributed by atoms with van der Waals surface area (Å²) in [5.41, 5.74) is 0.957. The quantitative estimate of drug-likeness (QED) is 0.439. The van der Waals surface area contributed by atoms with E-state index in [-0.39, 0.29) is 12.0 Å². The lowest BCUT2D eigenvalue weighted by Crippen LogP contribution is -2.27. The average Bonchev–Trinajstić information content (AvgIpc) is 2.61. The van der Waals surface area contributed by atoms with Gasteiger partial charge in [0, 0.05) is 0 Å². The average molecular weight is 348 g/mol. The number of alkyl halides is 3. The molecule has 25 heavy (non-hydrogen) atoms. The maximum absolute atomic E-state index is 12.7. The minimum Gasteiger partial charge on any atom is -0.419 e. The fraction of sp³-hybridized carbons (Fsp3) is 0.158. The molecule has 0 aromatic heterocycles. The number of hydrogen-bond acceptors (Lipinski definition) is 3. The molecule has 0 fully saturated rings. The normalized spacial score (nSPS) is 11.9. The van der Waals surface area contributed by atoms with Crippen molar-refractivity contribution in [2.45, 2.75) is 19.0 Å². The summed E-state index contributed by atoms with van der Waals surface area (Å²) < 4.78 is 42.9. The molecule has 2 rings (SSSR count). The number of esters is 1. The van der Waals surface area contributed by atoms with Crippen LogP contribution in [0.1, 0.15) is 22.3 Å². The number of aryl methyl sites for hydroxylation is 1. The fourth-order valence-electron chi connectivity index (χ4n) is 2.07. The molecule has 0 radical (unpaired) electrons. The molecular formula is C19H15F3O3. The van der Waals surface area contributed by atoms with Crippen molar-refractivity contribution in [1.29, 1.82) is 0 Å². The topological polar surface area (TPSA) is 43.4 Å². The molecule has 0 atom stereocenters. The zero-order chi connectivity index (χ0) is 18.3. The lowest BCUT2D eigenvalue weighted by atomic mass is 10.1. The van der Waals surface area contributed by atoms with Crippen molar-refractivity contribution in [2.75, 3.05) is 0 Å². The number of ether oxygens (including phenoxy) is 1. The summed E-state index contributed by atoms with van der Waals surface area (Å²) in [5.74, 6) is -4.19. The number of hydrogen-bond donors (Lipinski definition) is 0. The van der Waals surface area contributed by atoms with Crippen LogP contribution in [0.4, 0.5) is 13.2 Å². The fourth-order valence-corrected chi connectivity index (χ4v) is 2.07. The van der Waals surface area contributed by atoms with Crippen LogP contribution >= 0.6 is 0 Å². The Balaban J connectivity index is 2.14. The van der Waals surface area contributed by atoms with Gasteiger partial charge in [-0.25, -0.2) is 4.79 Å². The second kappa shape index (κ2) is 8.28. The summed E-state index contributed by atoms with van der Waals surface area (Å²) in [6, 6.07) is 16.6. The van der Waals surface area contributed by atoms with Gasteiger partial charge in [-0.2, -0.15) is 13.2 Å². The molecule has 0 bridgehead atoms. The first kappa shape index (κ1) is 18.4. The van der Waals surface area contributed by atoms with E-state index < -0.39 is 23.7 Å². The monoisotopic (exact) mass is 348 g/mol. The predicted molar refractivity (Wildman–Crippen MR) is 85.8 cm³/mol. The number of Topliss-reactive ketones (excluding diaryl/α,β-unsaturated/α-hetero) is 1. The Bertz CT molecular complexity index is 750. The van der Waals surface area contributed by atoms with E-state index in [0.717, 1.165) is 11.6 Å². The first-order chi connectivity index (χ1) is 11.9. The SMILES string of the molecule is O=C(O/C(=C/CCc1ccccc1)C(=O)C(F)(F)F)c1ccccc1. The number of carbonyl (C=O) groups excluding carboxylic acids is 2. The smallest absolute Gasteiger partial charge is 0.419 e.